The molecule has 9 heteroatoms. The third-order valence-electron chi connectivity index (χ3n) is 6.25. The van der Waals surface area contributed by atoms with Gasteiger partial charge in [0.25, 0.3) is 0 Å². The summed E-state index contributed by atoms with van der Waals surface area (Å²) in [6.45, 7) is 12.2. The molecule has 0 spiro atoms. The van der Waals surface area contributed by atoms with Gasteiger partial charge >= 0.3 is 5.97 Å². The monoisotopic (exact) mass is 561 g/mol. The van der Waals surface area contributed by atoms with Crippen LogP contribution in [0.1, 0.15) is 69.8 Å². The predicted octanol–water partition coefficient (Wildman–Crippen LogP) is 6.58. The average Bonchev–Trinajstić information content (AvgIpc) is 3.43. The van der Waals surface area contributed by atoms with Gasteiger partial charge in [-0.05, 0) is 72.2 Å². The molecule has 2 heterocycles. The van der Waals surface area contributed by atoms with E-state index in [0.717, 1.165) is 29.0 Å². The van der Waals surface area contributed by atoms with Crippen LogP contribution < -0.4 is 9.47 Å². The van der Waals surface area contributed by atoms with Crippen LogP contribution in [0.25, 0.3) is 5.57 Å². The first-order chi connectivity index (χ1) is 19.4. The number of allylic oxidation sites excluding steroid dienone is 6. The quantitative estimate of drug-likeness (QED) is 0.240. The van der Waals surface area contributed by atoms with Gasteiger partial charge in [-0.2, -0.15) is 0 Å². The Balaban J connectivity index is 1.59. The summed E-state index contributed by atoms with van der Waals surface area (Å²) in [5.41, 5.74) is 0.777. The zero-order valence-corrected chi connectivity index (χ0v) is 24.9. The lowest BCUT2D eigenvalue weighted by Crippen LogP contribution is -2.43. The number of nitrogens with zero attached hydrogens (tertiary/aromatic N) is 3. The van der Waals surface area contributed by atoms with Crippen LogP contribution in [-0.2, 0) is 29.2 Å². The molecule has 2 aromatic heterocycles. The van der Waals surface area contributed by atoms with E-state index < -0.39 is 17.2 Å². The van der Waals surface area contributed by atoms with Crippen LogP contribution in [-0.4, -0.2) is 39.1 Å². The number of carbonyl (C=O) groups is 1. The van der Waals surface area contributed by atoms with Gasteiger partial charge in [-0.15, -0.1) is 0 Å². The summed E-state index contributed by atoms with van der Waals surface area (Å²) >= 11 is 0. The molecule has 41 heavy (non-hydrogen) atoms. The third-order valence-corrected chi connectivity index (χ3v) is 6.25. The molecule has 0 atom stereocenters. The van der Waals surface area contributed by atoms with E-state index in [1.54, 1.807) is 39.5 Å². The standard InChI is InChI=1S/C32H39N3O6/c1-22-26(34-29(39-22)23-12-10-8-9-11-13-23)20-35(21-28-33-16-17-38-28)19-24-18-25(14-15-27(24)37-7)40-32(5,6)30(36)41-31(2,3)4/h8,10-18H,9,19-21H2,1-7H3. The topological polar surface area (TPSA) is 100 Å². The molecule has 0 amide bonds. The number of hydrogen-bond acceptors (Lipinski definition) is 9. The van der Waals surface area contributed by atoms with E-state index in [4.69, 9.17) is 28.0 Å². The molecule has 4 rings (SSSR count). The van der Waals surface area contributed by atoms with Crippen molar-refractivity contribution in [1.29, 1.82) is 0 Å². The maximum Gasteiger partial charge on any atom is 0.350 e. The summed E-state index contributed by atoms with van der Waals surface area (Å²) in [6, 6.07) is 5.49. The number of methoxy groups -OCH3 is 1. The summed E-state index contributed by atoms with van der Waals surface area (Å²) in [5.74, 6) is 2.65. The third kappa shape index (κ3) is 8.20. The number of oxazole rings is 2. The van der Waals surface area contributed by atoms with Crippen LogP contribution >= 0.6 is 0 Å². The Morgan fingerprint density at radius 1 is 1.10 bits per heavy atom. The molecule has 3 aromatic rings. The van der Waals surface area contributed by atoms with Crippen LogP contribution in [0.5, 0.6) is 11.5 Å². The Hall–Kier alpha value is -4.11. The van der Waals surface area contributed by atoms with Gasteiger partial charge in [0.15, 0.2) is 5.60 Å². The lowest BCUT2D eigenvalue weighted by molar-refractivity contribution is -0.170. The lowest BCUT2D eigenvalue weighted by atomic mass is 10.1. The van der Waals surface area contributed by atoms with E-state index in [9.17, 15) is 4.79 Å². The van der Waals surface area contributed by atoms with E-state index in [-0.39, 0.29) is 0 Å². The molecular formula is C32H39N3O6. The van der Waals surface area contributed by atoms with Crippen molar-refractivity contribution in [3.05, 3.63) is 89.8 Å². The number of aryl methyl sites for hydroxylation is 1. The predicted molar refractivity (Wildman–Crippen MR) is 155 cm³/mol. The van der Waals surface area contributed by atoms with Gasteiger partial charge in [0, 0.05) is 24.2 Å². The van der Waals surface area contributed by atoms with Crippen molar-refractivity contribution in [2.24, 2.45) is 0 Å². The van der Waals surface area contributed by atoms with E-state index in [1.807, 2.05) is 58.1 Å². The van der Waals surface area contributed by atoms with E-state index in [2.05, 4.69) is 22.0 Å². The molecule has 1 aliphatic carbocycles. The highest BCUT2D eigenvalue weighted by molar-refractivity contribution is 5.79. The SMILES string of the molecule is COc1ccc(OC(C)(C)C(=O)OC(C)(C)C)cc1CN(Cc1ncco1)Cc1nc(C2=CC=CCC=C2)oc1C. The van der Waals surface area contributed by atoms with Crippen LogP contribution in [0.15, 0.2) is 69.9 Å². The number of aromatic nitrogens is 2. The highest BCUT2D eigenvalue weighted by Crippen LogP contribution is 2.30. The second kappa shape index (κ2) is 12.6. The van der Waals surface area contributed by atoms with Crippen molar-refractivity contribution >= 4 is 11.5 Å². The van der Waals surface area contributed by atoms with E-state index >= 15 is 0 Å². The Morgan fingerprint density at radius 3 is 2.61 bits per heavy atom. The van der Waals surface area contributed by atoms with Gasteiger partial charge in [-0.1, -0.05) is 24.3 Å². The first-order valence-corrected chi connectivity index (χ1v) is 13.6. The second-order valence-corrected chi connectivity index (χ2v) is 11.4. The number of carbonyl (C=O) groups excluding carboxylic acids is 1. The minimum Gasteiger partial charge on any atom is -0.496 e. The van der Waals surface area contributed by atoms with E-state index in [0.29, 0.717) is 42.9 Å². The molecule has 0 saturated heterocycles. The number of ether oxygens (including phenoxy) is 3. The number of hydrogen-bond donors (Lipinski definition) is 0. The van der Waals surface area contributed by atoms with Crippen molar-refractivity contribution in [1.82, 2.24) is 14.9 Å². The first kappa shape index (κ1) is 29.9. The largest absolute Gasteiger partial charge is 0.496 e. The molecule has 1 aromatic carbocycles. The highest BCUT2D eigenvalue weighted by Gasteiger charge is 2.35. The van der Waals surface area contributed by atoms with Crippen molar-refractivity contribution in [2.75, 3.05) is 7.11 Å². The Morgan fingerprint density at radius 2 is 1.90 bits per heavy atom. The molecular weight excluding hydrogens is 522 g/mol. The molecule has 0 bridgehead atoms. The first-order valence-electron chi connectivity index (χ1n) is 13.6. The smallest absolute Gasteiger partial charge is 0.350 e. The lowest BCUT2D eigenvalue weighted by Gasteiger charge is -2.29. The zero-order chi connectivity index (χ0) is 29.6. The Bertz CT molecular complexity index is 1420. The maximum atomic E-state index is 12.8. The minimum absolute atomic E-state index is 0.428. The summed E-state index contributed by atoms with van der Waals surface area (Å²) in [6.07, 6.45) is 14.2. The van der Waals surface area contributed by atoms with Crippen molar-refractivity contribution in [2.45, 2.75) is 78.8 Å². The molecule has 0 fully saturated rings. The second-order valence-electron chi connectivity index (χ2n) is 11.4. The summed E-state index contributed by atoms with van der Waals surface area (Å²) in [7, 11) is 1.62. The van der Waals surface area contributed by atoms with Crippen LogP contribution in [0, 0.1) is 6.92 Å². The highest BCUT2D eigenvalue weighted by atomic mass is 16.6. The summed E-state index contributed by atoms with van der Waals surface area (Å²) < 4.78 is 29.0. The molecule has 0 saturated carbocycles. The molecule has 0 radical (unpaired) electrons. The molecule has 218 valence electrons. The van der Waals surface area contributed by atoms with E-state index in [1.165, 1.54) is 0 Å². The molecule has 0 unspecified atom stereocenters. The summed E-state index contributed by atoms with van der Waals surface area (Å²) in [5, 5.41) is 0. The number of benzene rings is 1. The average molecular weight is 562 g/mol. The normalized spacial score (nSPS) is 13.7. The number of esters is 1. The molecule has 9 nitrogen and oxygen atoms in total. The molecule has 0 N–H and O–H groups in total. The van der Waals surface area contributed by atoms with Crippen LogP contribution in [0.3, 0.4) is 0 Å². The van der Waals surface area contributed by atoms with Crippen molar-refractivity contribution in [3.8, 4) is 11.5 Å². The van der Waals surface area contributed by atoms with Gasteiger partial charge in [0.1, 0.15) is 29.1 Å². The molecule has 0 aliphatic heterocycles. The van der Waals surface area contributed by atoms with Gasteiger partial charge in [0.2, 0.25) is 11.8 Å². The van der Waals surface area contributed by atoms with Gasteiger partial charge in [-0.25, -0.2) is 14.8 Å². The van der Waals surface area contributed by atoms with Crippen molar-refractivity contribution in [3.63, 3.8) is 0 Å². The fourth-order valence-corrected chi connectivity index (χ4v) is 4.24. The summed E-state index contributed by atoms with van der Waals surface area (Å²) in [4.78, 5) is 24.1. The van der Waals surface area contributed by atoms with Crippen LogP contribution in [0.4, 0.5) is 0 Å². The van der Waals surface area contributed by atoms with Gasteiger partial charge in [-0.3, -0.25) is 4.90 Å². The van der Waals surface area contributed by atoms with Crippen molar-refractivity contribution < 1.29 is 27.8 Å². The fourth-order valence-electron chi connectivity index (χ4n) is 4.24. The Labute approximate surface area is 241 Å². The molecule has 1 aliphatic rings. The minimum atomic E-state index is -1.19. The van der Waals surface area contributed by atoms with Crippen LogP contribution in [0.2, 0.25) is 0 Å². The fraction of sp³-hybridized carbons (Fsp3) is 0.406. The zero-order valence-electron chi connectivity index (χ0n) is 24.9. The van der Waals surface area contributed by atoms with Gasteiger partial charge in [0.05, 0.1) is 25.5 Å². The number of rotatable bonds is 11. The maximum absolute atomic E-state index is 12.8. The van der Waals surface area contributed by atoms with Gasteiger partial charge < -0.3 is 23.0 Å². The Kier molecular flexibility index (Phi) is 9.18.